The first-order valence-electron chi connectivity index (χ1n) is 3.82. The van der Waals surface area contributed by atoms with Gasteiger partial charge in [-0.3, -0.25) is 0 Å². The fourth-order valence-electron chi connectivity index (χ4n) is 1.35. The maximum absolute atomic E-state index is 13.5. The van der Waals surface area contributed by atoms with Gasteiger partial charge in [-0.05, 0) is 35.8 Å². The average Bonchev–Trinajstić information content (AvgIpc) is 2.34. The van der Waals surface area contributed by atoms with Crippen molar-refractivity contribution in [2.45, 2.75) is 23.8 Å². The van der Waals surface area contributed by atoms with Crippen LogP contribution in [0.15, 0.2) is 0 Å². The van der Waals surface area contributed by atoms with E-state index in [0.717, 1.165) is 6.92 Å². The van der Waals surface area contributed by atoms with E-state index in [4.69, 9.17) is 0 Å². The van der Waals surface area contributed by atoms with E-state index in [2.05, 4.69) is 21.2 Å². The predicted molar refractivity (Wildman–Crippen MR) is 44.4 cm³/mol. The Balaban J connectivity index is 2.69. The summed E-state index contributed by atoms with van der Waals surface area (Å²) in [5.74, 6) is -0.605. The number of hydrogen-bond acceptors (Lipinski definition) is 1. The average molecular weight is 246 g/mol. The molecule has 1 nitrogen and oxygen atoms in total. The zero-order valence-electron chi connectivity index (χ0n) is 6.71. The summed E-state index contributed by atoms with van der Waals surface area (Å²) >= 11 is 2.07. The minimum absolute atomic E-state index is 0.328. The Hall–Kier alpha value is 0.230. The third kappa shape index (κ3) is 1.76. The van der Waals surface area contributed by atoms with Crippen molar-refractivity contribution in [3.63, 3.8) is 0 Å². The molecule has 0 amide bonds. The Morgan fingerprint density at radius 3 is 2.33 bits per heavy atom. The highest BCUT2D eigenvalue weighted by atomic mass is 79.9. The van der Waals surface area contributed by atoms with Crippen molar-refractivity contribution in [3.8, 4) is 0 Å². The van der Waals surface area contributed by atoms with Crippen LogP contribution in [0, 0.1) is 5.92 Å². The molecule has 0 saturated carbocycles. The first kappa shape index (κ1) is 10.3. The Kier molecular flexibility index (Phi) is 2.73. The van der Waals surface area contributed by atoms with Crippen molar-refractivity contribution in [3.05, 3.63) is 0 Å². The van der Waals surface area contributed by atoms with Crippen LogP contribution in [0.1, 0.15) is 13.3 Å². The monoisotopic (exact) mass is 245 g/mol. The lowest BCUT2D eigenvalue weighted by molar-refractivity contribution is -0.0778. The van der Waals surface area contributed by atoms with E-state index in [-0.39, 0.29) is 0 Å². The van der Waals surface area contributed by atoms with Gasteiger partial charge in [0.2, 0.25) is 0 Å². The lowest BCUT2D eigenvalue weighted by atomic mass is 9.90. The largest absolute Gasteiger partial charge is 0.334 e. The highest BCUT2D eigenvalue weighted by molar-refractivity contribution is 9.10. The zero-order valence-corrected chi connectivity index (χ0v) is 8.30. The Morgan fingerprint density at radius 1 is 1.42 bits per heavy atom. The summed E-state index contributed by atoms with van der Waals surface area (Å²) in [5, 5.41) is 2.86. The van der Waals surface area contributed by atoms with Gasteiger partial charge in [-0.25, -0.2) is 4.39 Å². The molecule has 1 N–H and O–H groups in total. The van der Waals surface area contributed by atoms with Gasteiger partial charge in [0.15, 0.2) is 5.67 Å². The molecular weight excluding hydrogens is 235 g/mol. The second-order valence-electron chi connectivity index (χ2n) is 3.26. The molecule has 2 unspecified atom stereocenters. The van der Waals surface area contributed by atoms with Crippen molar-refractivity contribution in [1.29, 1.82) is 0 Å². The first-order chi connectivity index (χ1) is 5.36. The maximum atomic E-state index is 13.5. The van der Waals surface area contributed by atoms with Gasteiger partial charge < -0.3 is 5.32 Å². The van der Waals surface area contributed by atoms with Gasteiger partial charge >= 0.3 is 4.83 Å². The quantitative estimate of drug-likeness (QED) is 0.737. The van der Waals surface area contributed by atoms with E-state index < -0.39 is 16.4 Å². The molecule has 0 aromatic heterocycles. The van der Waals surface area contributed by atoms with Crippen LogP contribution in [0.4, 0.5) is 13.2 Å². The summed E-state index contributed by atoms with van der Waals surface area (Å²) in [7, 11) is 0. The molecule has 1 aliphatic heterocycles. The van der Waals surface area contributed by atoms with E-state index in [1.807, 2.05) is 0 Å². The Bertz CT molecular complexity index is 161. The standard InChI is InChI=1S/C7H11BrF3N/c1-6(9,7(8,10)11)5-2-3-12-4-5/h5,12H,2-4H2,1H3. The molecule has 0 spiro atoms. The van der Waals surface area contributed by atoms with Crippen LogP contribution in [0.3, 0.4) is 0 Å². The van der Waals surface area contributed by atoms with Crippen LogP contribution in [0.2, 0.25) is 0 Å². The SMILES string of the molecule is CC(F)(C1CCNC1)C(F)(F)Br. The summed E-state index contributed by atoms with van der Waals surface area (Å²) in [6.07, 6.45) is 0.466. The number of rotatable bonds is 2. The lowest BCUT2D eigenvalue weighted by Crippen LogP contribution is -2.44. The molecule has 1 heterocycles. The topological polar surface area (TPSA) is 12.0 Å². The van der Waals surface area contributed by atoms with Crippen molar-refractivity contribution < 1.29 is 13.2 Å². The number of hydrogen-bond donors (Lipinski definition) is 1. The maximum Gasteiger partial charge on any atom is 0.334 e. The highest BCUT2D eigenvalue weighted by Crippen LogP contribution is 2.44. The van der Waals surface area contributed by atoms with Crippen LogP contribution in [-0.4, -0.2) is 23.6 Å². The summed E-state index contributed by atoms with van der Waals surface area (Å²) in [6, 6.07) is 0. The van der Waals surface area contributed by atoms with E-state index in [0.29, 0.717) is 19.5 Å². The molecule has 1 fully saturated rings. The summed E-state index contributed by atoms with van der Waals surface area (Å²) in [5.41, 5.74) is -2.46. The smallest absolute Gasteiger partial charge is 0.316 e. The van der Waals surface area contributed by atoms with Crippen molar-refractivity contribution in [1.82, 2.24) is 5.32 Å². The van der Waals surface area contributed by atoms with Crippen LogP contribution < -0.4 is 5.32 Å². The molecule has 0 aliphatic carbocycles. The van der Waals surface area contributed by atoms with Crippen LogP contribution >= 0.6 is 15.9 Å². The molecule has 5 heteroatoms. The highest BCUT2D eigenvalue weighted by Gasteiger charge is 2.54. The number of halogens is 4. The minimum Gasteiger partial charge on any atom is -0.316 e. The van der Waals surface area contributed by atoms with Crippen molar-refractivity contribution in [2.75, 3.05) is 13.1 Å². The third-order valence-electron chi connectivity index (χ3n) is 2.38. The number of nitrogens with one attached hydrogen (secondary N) is 1. The normalized spacial score (nSPS) is 30.2. The summed E-state index contributed by atoms with van der Waals surface area (Å²) in [6.45, 7) is 1.89. The van der Waals surface area contributed by atoms with Crippen LogP contribution in [0.25, 0.3) is 0 Å². The van der Waals surface area contributed by atoms with Crippen molar-refractivity contribution >= 4 is 15.9 Å². The van der Waals surface area contributed by atoms with E-state index in [1.165, 1.54) is 0 Å². The van der Waals surface area contributed by atoms with Gasteiger partial charge in [0.05, 0.1) is 0 Å². The van der Waals surface area contributed by atoms with Crippen molar-refractivity contribution in [2.24, 2.45) is 5.92 Å². The molecule has 1 saturated heterocycles. The lowest BCUT2D eigenvalue weighted by Gasteiger charge is -2.30. The predicted octanol–water partition coefficient (Wildman–Crippen LogP) is 2.31. The van der Waals surface area contributed by atoms with E-state index >= 15 is 0 Å². The van der Waals surface area contributed by atoms with Gasteiger partial charge in [-0.15, -0.1) is 0 Å². The molecule has 0 aromatic carbocycles. The fraction of sp³-hybridized carbons (Fsp3) is 1.00. The molecule has 12 heavy (non-hydrogen) atoms. The molecule has 0 radical (unpaired) electrons. The molecule has 1 rings (SSSR count). The fourth-order valence-corrected chi connectivity index (χ4v) is 1.67. The van der Waals surface area contributed by atoms with Crippen LogP contribution in [0.5, 0.6) is 0 Å². The molecule has 72 valence electrons. The molecule has 1 aliphatic rings. The van der Waals surface area contributed by atoms with Gasteiger partial charge in [-0.1, -0.05) is 0 Å². The summed E-state index contributed by atoms with van der Waals surface area (Å²) < 4.78 is 38.8. The minimum atomic E-state index is -3.43. The number of alkyl halides is 4. The van der Waals surface area contributed by atoms with Gasteiger partial charge in [0.1, 0.15) is 0 Å². The van der Waals surface area contributed by atoms with Gasteiger partial charge in [-0.2, -0.15) is 8.78 Å². The second-order valence-corrected chi connectivity index (χ2v) is 4.26. The first-order valence-corrected chi connectivity index (χ1v) is 4.61. The molecule has 0 aromatic rings. The Labute approximate surface area is 77.8 Å². The summed E-state index contributed by atoms with van der Waals surface area (Å²) in [4.78, 5) is -3.43. The molecule has 0 bridgehead atoms. The van der Waals surface area contributed by atoms with E-state index in [1.54, 1.807) is 0 Å². The molecular formula is C7H11BrF3N. The second kappa shape index (κ2) is 3.18. The third-order valence-corrected chi connectivity index (χ3v) is 3.16. The Morgan fingerprint density at radius 2 is 2.00 bits per heavy atom. The molecule has 2 atom stereocenters. The van der Waals surface area contributed by atoms with Gasteiger partial charge in [0, 0.05) is 12.5 Å². The van der Waals surface area contributed by atoms with E-state index in [9.17, 15) is 13.2 Å². The van der Waals surface area contributed by atoms with Gasteiger partial charge in [0.25, 0.3) is 0 Å². The van der Waals surface area contributed by atoms with Crippen LogP contribution in [-0.2, 0) is 0 Å². The zero-order chi connectivity index (χ0) is 9.41.